The lowest BCUT2D eigenvalue weighted by Gasteiger charge is -2.10. The first-order valence-electron chi connectivity index (χ1n) is 4.46. The highest BCUT2D eigenvalue weighted by Gasteiger charge is 2.03. The number of anilines is 1. The Kier molecular flexibility index (Phi) is 4.49. The molecule has 0 atom stereocenters. The molecular formula is C11H14BrNO2. The molecular weight excluding hydrogens is 258 g/mol. The zero-order valence-electron chi connectivity index (χ0n) is 8.84. The van der Waals surface area contributed by atoms with Gasteiger partial charge in [0.25, 0.3) is 0 Å². The second-order valence-corrected chi connectivity index (χ2v) is 4.06. The van der Waals surface area contributed by atoms with E-state index in [0.29, 0.717) is 12.3 Å². The summed E-state index contributed by atoms with van der Waals surface area (Å²) in [4.78, 5) is 0. The van der Waals surface area contributed by atoms with Crippen LogP contribution < -0.4 is 14.8 Å². The van der Waals surface area contributed by atoms with Gasteiger partial charge in [0.2, 0.25) is 0 Å². The van der Waals surface area contributed by atoms with Crippen LogP contribution in [0.15, 0.2) is 29.3 Å². The van der Waals surface area contributed by atoms with Gasteiger partial charge in [0.05, 0.1) is 14.2 Å². The number of nitrogens with one attached hydrogen (secondary N) is 1. The summed E-state index contributed by atoms with van der Waals surface area (Å²) in [6.45, 7) is 4.42. The van der Waals surface area contributed by atoms with Gasteiger partial charge in [0.15, 0.2) is 11.5 Å². The van der Waals surface area contributed by atoms with Crippen molar-refractivity contribution in [3.05, 3.63) is 29.3 Å². The Balaban J connectivity index is 2.78. The Morgan fingerprint density at radius 1 is 1.33 bits per heavy atom. The van der Waals surface area contributed by atoms with Crippen LogP contribution in [0.25, 0.3) is 0 Å². The average molecular weight is 272 g/mol. The molecule has 0 fully saturated rings. The van der Waals surface area contributed by atoms with Crippen molar-refractivity contribution in [2.75, 3.05) is 26.1 Å². The topological polar surface area (TPSA) is 30.5 Å². The number of halogens is 1. The molecule has 0 aliphatic carbocycles. The summed E-state index contributed by atoms with van der Waals surface area (Å²) >= 11 is 3.28. The van der Waals surface area contributed by atoms with Crippen LogP contribution in [0.1, 0.15) is 0 Å². The van der Waals surface area contributed by atoms with Crippen molar-refractivity contribution in [2.24, 2.45) is 0 Å². The predicted octanol–water partition coefficient (Wildman–Crippen LogP) is 3.02. The van der Waals surface area contributed by atoms with Gasteiger partial charge in [-0.15, -0.1) is 0 Å². The molecule has 82 valence electrons. The summed E-state index contributed by atoms with van der Waals surface area (Å²) in [6, 6.07) is 5.67. The third kappa shape index (κ3) is 3.47. The number of benzene rings is 1. The van der Waals surface area contributed by atoms with Crippen molar-refractivity contribution in [2.45, 2.75) is 0 Å². The van der Waals surface area contributed by atoms with Gasteiger partial charge in [-0.05, 0) is 12.1 Å². The first kappa shape index (κ1) is 11.9. The Labute approximate surface area is 98.2 Å². The van der Waals surface area contributed by atoms with E-state index in [1.54, 1.807) is 14.2 Å². The maximum absolute atomic E-state index is 5.18. The fourth-order valence-corrected chi connectivity index (χ4v) is 1.28. The summed E-state index contributed by atoms with van der Waals surface area (Å²) in [5.74, 6) is 1.43. The largest absolute Gasteiger partial charge is 0.493 e. The minimum Gasteiger partial charge on any atom is -0.493 e. The molecule has 1 rings (SSSR count). The van der Waals surface area contributed by atoms with E-state index in [2.05, 4.69) is 27.8 Å². The molecule has 1 N–H and O–H groups in total. The molecule has 0 heterocycles. The molecule has 1 aromatic rings. The number of hydrogen-bond acceptors (Lipinski definition) is 3. The summed E-state index contributed by atoms with van der Waals surface area (Å²) in [5.41, 5.74) is 0.966. The maximum atomic E-state index is 5.18. The Bertz CT molecular complexity index is 352. The summed E-state index contributed by atoms with van der Waals surface area (Å²) in [7, 11) is 3.23. The molecule has 1 aromatic carbocycles. The summed E-state index contributed by atoms with van der Waals surface area (Å²) in [5, 5.41) is 3.19. The van der Waals surface area contributed by atoms with Gasteiger partial charge in [-0.25, -0.2) is 0 Å². The van der Waals surface area contributed by atoms with Gasteiger partial charge in [-0.1, -0.05) is 22.5 Å². The van der Waals surface area contributed by atoms with Gasteiger partial charge in [0, 0.05) is 22.8 Å². The van der Waals surface area contributed by atoms with Crippen molar-refractivity contribution in [3.63, 3.8) is 0 Å². The van der Waals surface area contributed by atoms with E-state index in [-0.39, 0.29) is 0 Å². The van der Waals surface area contributed by atoms with Gasteiger partial charge in [0.1, 0.15) is 0 Å². The van der Waals surface area contributed by atoms with Crippen LogP contribution in [-0.2, 0) is 0 Å². The normalized spacial score (nSPS) is 9.53. The van der Waals surface area contributed by atoms with Crippen LogP contribution in [0, 0.1) is 0 Å². The van der Waals surface area contributed by atoms with Gasteiger partial charge in [-0.3, -0.25) is 0 Å². The fourth-order valence-electron chi connectivity index (χ4n) is 1.14. The molecule has 4 heteroatoms. The summed E-state index contributed by atoms with van der Waals surface area (Å²) in [6.07, 6.45) is 0. The van der Waals surface area contributed by atoms with E-state index in [0.717, 1.165) is 15.9 Å². The lowest BCUT2D eigenvalue weighted by Crippen LogP contribution is -2.01. The second-order valence-electron chi connectivity index (χ2n) is 2.94. The highest BCUT2D eigenvalue weighted by atomic mass is 79.9. The number of rotatable bonds is 5. The molecule has 0 aliphatic heterocycles. The van der Waals surface area contributed by atoms with Crippen LogP contribution in [0.5, 0.6) is 11.5 Å². The maximum Gasteiger partial charge on any atom is 0.162 e. The molecule has 15 heavy (non-hydrogen) atoms. The molecule has 0 unspecified atom stereocenters. The second kappa shape index (κ2) is 5.66. The molecule has 0 radical (unpaired) electrons. The third-order valence-electron chi connectivity index (χ3n) is 1.87. The molecule has 0 amide bonds. The van der Waals surface area contributed by atoms with Crippen molar-refractivity contribution < 1.29 is 9.47 Å². The zero-order chi connectivity index (χ0) is 11.3. The van der Waals surface area contributed by atoms with Gasteiger partial charge in [-0.2, -0.15) is 0 Å². The van der Waals surface area contributed by atoms with Crippen molar-refractivity contribution in [1.29, 1.82) is 0 Å². The lowest BCUT2D eigenvalue weighted by molar-refractivity contribution is 0.355. The highest BCUT2D eigenvalue weighted by molar-refractivity contribution is 9.11. The van der Waals surface area contributed by atoms with Crippen molar-refractivity contribution in [1.82, 2.24) is 0 Å². The SMILES string of the molecule is C=C(Br)CNc1ccc(OC)c(OC)c1. The van der Waals surface area contributed by atoms with E-state index >= 15 is 0 Å². The molecule has 3 nitrogen and oxygen atoms in total. The minimum atomic E-state index is 0.676. The van der Waals surface area contributed by atoms with Crippen LogP contribution in [0.4, 0.5) is 5.69 Å². The quantitative estimate of drug-likeness (QED) is 0.893. The van der Waals surface area contributed by atoms with E-state index in [4.69, 9.17) is 9.47 Å². The van der Waals surface area contributed by atoms with Crippen molar-refractivity contribution in [3.8, 4) is 11.5 Å². The molecule has 0 bridgehead atoms. The summed E-state index contributed by atoms with van der Waals surface area (Å²) < 4.78 is 11.2. The third-order valence-corrected chi connectivity index (χ3v) is 2.15. The Hall–Kier alpha value is -1.16. The van der Waals surface area contributed by atoms with Crippen LogP contribution >= 0.6 is 15.9 Å². The molecule has 0 aliphatic rings. The standard InChI is InChI=1S/C11H14BrNO2/c1-8(12)7-13-9-4-5-10(14-2)11(6-9)15-3/h4-6,13H,1,7H2,2-3H3. The zero-order valence-corrected chi connectivity index (χ0v) is 10.4. The molecule has 0 saturated heterocycles. The molecule has 0 aromatic heterocycles. The van der Waals surface area contributed by atoms with E-state index in [1.807, 2.05) is 18.2 Å². The van der Waals surface area contributed by atoms with Crippen LogP contribution in [-0.4, -0.2) is 20.8 Å². The number of hydrogen-bond donors (Lipinski definition) is 1. The van der Waals surface area contributed by atoms with Crippen molar-refractivity contribution >= 4 is 21.6 Å². The van der Waals surface area contributed by atoms with E-state index < -0.39 is 0 Å². The van der Waals surface area contributed by atoms with Gasteiger partial charge >= 0.3 is 0 Å². The number of methoxy groups -OCH3 is 2. The first-order chi connectivity index (χ1) is 7.17. The van der Waals surface area contributed by atoms with E-state index in [9.17, 15) is 0 Å². The first-order valence-corrected chi connectivity index (χ1v) is 5.26. The average Bonchev–Trinajstić information content (AvgIpc) is 2.25. The highest BCUT2D eigenvalue weighted by Crippen LogP contribution is 2.29. The van der Waals surface area contributed by atoms with E-state index in [1.165, 1.54) is 0 Å². The smallest absolute Gasteiger partial charge is 0.162 e. The lowest BCUT2D eigenvalue weighted by atomic mass is 10.2. The number of ether oxygens (including phenoxy) is 2. The fraction of sp³-hybridized carbons (Fsp3) is 0.273. The van der Waals surface area contributed by atoms with Crippen LogP contribution in [0.3, 0.4) is 0 Å². The Morgan fingerprint density at radius 2 is 2.00 bits per heavy atom. The minimum absolute atomic E-state index is 0.676. The Morgan fingerprint density at radius 3 is 2.53 bits per heavy atom. The monoisotopic (exact) mass is 271 g/mol. The van der Waals surface area contributed by atoms with Crippen LogP contribution in [0.2, 0.25) is 0 Å². The molecule has 0 saturated carbocycles. The molecule has 0 spiro atoms. The van der Waals surface area contributed by atoms with Gasteiger partial charge < -0.3 is 14.8 Å². The predicted molar refractivity (Wildman–Crippen MR) is 66.1 cm³/mol.